The summed E-state index contributed by atoms with van der Waals surface area (Å²) in [4.78, 5) is 7.56. The smallest absolute Gasteiger partial charge is 0.138 e. The van der Waals surface area contributed by atoms with E-state index in [1.807, 2.05) is 6.07 Å². The largest absolute Gasteiger partial charge is 0.508 e. The molecule has 2 aromatic carbocycles. The van der Waals surface area contributed by atoms with Crippen LogP contribution in [0.2, 0.25) is 0 Å². The second-order valence-corrected chi connectivity index (χ2v) is 3.98. The van der Waals surface area contributed by atoms with Crippen molar-refractivity contribution in [1.29, 1.82) is 5.26 Å². The van der Waals surface area contributed by atoms with Crippen LogP contribution < -0.4 is 0 Å². The highest BCUT2D eigenvalue weighted by atomic mass is 16.3. The molecule has 0 aliphatic carbocycles. The first-order valence-corrected chi connectivity index (χ1v) is 5.45. The minimum atomic E-state index is 0.200. The molecule has 0 atom stereocenters. The number of phenols is 1. The molecule has 4 nitrogen and oxygen atoms in total. The summed E-state index contributed by atoms with van der Waals surface area (Å²) in [5.74, 6) is 0.877. The lowest BCUT2D eigenvalue weighted by Crippen LogP contribution is -1.79. The minimum Gasteiger partial charge on any atom is -0.508 e. The maximum atomic E-state index is 9.45. The predicted molar refractivity (Wildman–Crippen MR) is 67.9 cm³/mol. The maximum absolute atomic E-state index is 9.45. The molecule has 1 aromatic heterocycles. The monoisotopic (exact) mass is 235 g/mol. The van der Waals surface area contributed by atoms with E-state index in [1.165, 1.54) is 0 Å². The molecule has 0 bridgehead atoms. The first-order chi connectivity index (χ1) is 8.76. The molecule has 0 radical (unpaired) electrons. The molecule has 0 aliphatic heterocycles. The van der Waals surface area contributed by atoms with E-state index in [4.69, 9.17) is 5.26 Å². The van der Waals surface area contributed by atoms with E-state index < -0.39 is 0 Å². The van der Waals surface area contributed by atoms with Crippen LogP contribution in [0.15, 0.2) is 42.5 Å². The number of benzene rings is 2. The Hall–Kier alpha value is -2.80. The van der Waals surface area contributed by atoms with Crippen LogP contribution in [0, 0.1) is 11.3 Å². The Morgan fingerprint density at radius 1 is 1.17 bits per heavy atom. The molecule has 0 fully saturated rings. The van der Waals surface area contributed by atoms with E-state index in [2.05, 4.69) is 16.0 Å². The third-order valence-corrected chi connectivity index (χ3v) is 2.73. The highest BCUT2D eigenvalue weighted by Gasteiger charge is 2.06. The van der Waals surface area contributed by atoms with Crippen LogP contribution in [-0.4, -0.2) is 15.1 Å². The number of phenolic OH excluding ortho intramolecular Hbond substituents is 1. The summed E-state index contributed by atoms with van der Waals surface area (Å²) < 4.78 is 0. The van der Waals surface area contributed by atoms with Crippen molar-refractivity contribution >= 4 is 11.0 Å². The van der Waals surface area contributed by atoms with Gasteiger partial charge in [0.05, 0.1) is 22.7 Å². The SMILES string of the molecule is N#Cc1ccc2nc(-c3cccc(O)c3)[nH]c2c1. The standard InChI is InChI=1S/C14H9N3O/c15-8-9-4-5-12-13(6-9)17-14(16-12)10-2-1-3-11(18)7-10/h1-7,18H,(H,16,17). The molecule has 0 saturated heterocycles. The van der Waals surface area contributed by atoms with Gasteiger partial charge in [0.1, 0.15) is 11.6 Å². The zero-order chi connectivity index (χ0) is 12.5. The van der Waals surface area contributed by atoms with Crippen LogP contribution in [0.1, 0.15) is 5.56 Å². The van der Waals surface area contributed by atoms with Crippen LogP contribution in [0.25, 0.3) is 22.4 Å². The van der Waals surface area contributed by atoms with E-state index in [1.54, 1.807) is 36.4 Å². The Labute approximate surface area is 103 Å². The Bertz CT molecular complexity index is 768. The van der Waals surface area contributed by atoms with Gasteiger partial charge in [-0.3, -0.25) is 0 Å². The van der Waals surface area contributed by atoms with Gasteiger partial charge in [0, 0.05) is 5.56 Å². The van der Waals surface area contributed by atoms with Gasteiger partial charge in [-0.15, -0.1) is 0 Å². The van der Waals surface area contributed by atoms with Crippen molar-refractivity contribution in [3.05, 3.63) is 48.0 Å². The number of nitriles is 1. The van der Waals surface area contributed by atoms with Crippen molar-refractivity contribution in [3.63, 3.8) is 0 Å². The molecule has 0 amide bonds. The predicted octanol–water partition coefficient (Wildman–Crippen LogP) is 2.81. The molecule has 0 spiro atoms. The fraction of sp³-hybridized carbons (Fsp3) is 0. The van der Waals surface area contributed by atoms with Crippen molar-refractivity contribution in [2.45, 2.75) is 0 Å². The normalized spacial score (nSPS) is 10.4. The van der Waals surface area contributed by atoms with Gasteiger partial charge < -0.3 is 10.1 Å². The number of aromatic nitrogens is 2. The molecule has 86 valence electrons. The van der Waals surface area contributed by atoms with Gasteiger partial charge in [0.2, 0.25) is 0 Å². The van der Waals surface area contributed by atoms with Crippen LogP contribution in [0.5, 0.6) is 5.75 Å². The van der Waals surface area contributed by atoms with Crippen LogP contribution in [0.3, 0.4) is 0 Å². The highest BCUT2D eigenvalue weighted by molar-refractivity contribution is 5.80. The fourth-order valence-corrected chi connectivity index (χ4v) is 1.87. The Balaban J connectivity index is 2.17. The van der Waals surface area contributed by atoms with Gasteiger partial charge in [0.15, 0.2) is 0 Å². The number of rotatable bonds is 1. The fourth-order valence-electron chi connectivity index (χ4n) is 1.87. The molecule has 0 aliphatic rings. The zero-order valence-corrected chi connectivity index (χ0v) is 9.38. The van der Waals surface area contributed by atoms with E-state index >= 15 is 0 Å². The number of nitrogens with one attached hydrogen (secondary N) is 1. The lowest BCUT2D eigenvalue weighted by molar-refractivity contribution is 0.475. The zero-order valence-electron chi connectivity index (χ0n) is 9.38. The van der Waals surface area contributed by atoms with Crippen LogP contribution in [-0.2, 0) is 0 Å². The van der Waals surface area contributed by atoms with Gasteiger partial charge in [0.25, 0.3) is 0 Å². The van der Waals surface area contributed by atoms with Crippen LogP contribution >= 0.6 is 0 Å². The van der Waals surface area contributed by atoms with Gasteiger partial charge in [-0.25, -0.2) is 4.98 Å². The first kappa shape index (κ1) is 10.4. The molecular formula is C14H9N3O. The van der Waals surface area contributed by atoms with Crippen molar-refractivity contribution in [2.24, 2.45) is 0 Å². The molecular weight excluding hydrogens is 226 g/mol. The molecule has 1 heterocycles. The number of H-pyrrole nitrogens is 1. The van der Waals surface area contributed by atoms with Crippen molar-refractivity contribution in [3.8, 4) is 23.2 Å². The van der Waals surface area contributed by atoms with E-state index in [0.717, 1.165) is 16.6 Å². The highest BCUT2D eigenvalue weighted by Crippen LogP contribution is 2.23. The molecule has 2 N–H and O–H groups in total. The summed E-state index contributed by atoms with van der Waals surface area (Å²) in [6.07, 6.45) is 0. The molecule has 0 saturated carbocycles. The van der Waals surface area contributed by atoms with Gasteiger partial charge in [-0.1, -0.05) is 12.1 Å². The first-order valence-electron chi connectivity index (χ1n) is 5.45. The van der Waals surface area contributed by atoms with E-state index in [-0.39, 0.29) is 5.75 Å². The average molecular weight is 235 g/mol. The third kappa shape index (κ3) is 1.68. The summed E-state index contributed by atoms with van der Waals surface area (Å²) in [6.45, 7) is 0. The Kier molecular flexibility index (Phi) is 2.24. The lowest BCUT2D eigenvalue weighted by atomic mass is 10.2. The van der Waals surface area contributed by atoms with E-state index in [0.29, 0.717) is 11.4 Å². The van der Waals surface area contributed by atoms with Crippen molar-refractivity contribution < 1.29 is 5.11 Å². The average Bonchev–Trinajstić information content (AvgIpc) is 2.81. The quantitative estimate of drug-likeness (QED) is 0.681. The second-order valence-electron chi connectivity index (χ2n) is 3.98. The molecule has 18 heavy (non-hydrogen) atoms. The van der Waals surface area contributed by atoms with Crippen molar-refractivity contribution in [2.75, 3.05) is 0 Å². The van der Waals surface area contributed by atoms with Crippen LogP contribution in [0.4, 0.5) is 0 Å². The van der Waals surface area contributed by atoms with Gasteiger partial charge in [-0.2, -0.15) is 5.26 Å². The maximum Gasteiger partial charge on any atom is 0.138 e. The number of hydrogen-bond donors (Lipinski definition) is 2. The summed E-state index contributed by atoms with van der Waals surface area (Å²) >= 11 is 0. The third-order valence-electron chi connectivity index (χ3n) is 2.73. The van der Waals surface area contributed by atoms with Gasteiger partial charge >= 0.3 is 0 Å². The number of imidazole rings is 1. The summed E-state index contributed by atoms with van der Waals surface area (Å²) in [5, 5.41) is 18.3. The summed E-state index contributed by atoms with van der Waals surface area (Å²) in [6, 6.07) is 14.3. The minimum absolute atomic E-state index is 0.200. The summed E-state index contributed by atoms with van der Waals surface area (Å²) in [5.41, 5.74) is 3.01. The number of fused-ring (bicyclic) bond motifs is 1. The summed E-state index contributed by atoms with van der Waals surface area (Å²) in [7, 11) is 0. The molecule has 4 heteroatoms. The molecule has 0 unspecified atom stereocenters. The Morgan fingerprint density at radius 3 is 2.83 bits per heavy atom. The lowest BCUT2D eigenvalue weighted by Gasteiger charge is -1.96. The molecule has 3 aromatic rings. The number of hydrogen-bond acceptors (Lipinski definition) is 3. The number of aromatic amines is 1. The van der Waals surface area contributed by atoms with E-state index in [9.17, 15) is 5.11 Å². The molecule has 3 rings (SSSR count). The topological polar surface area (TPSA) is 72.7 Å². The van der Waals surface area contributed by atoms with Gasteiger partial charge in [-0.05, 0) is 30.3 Å². The number of nitrogens with zero attached hydrogens (tertiary/aromatic N) is 2. The Morgan fingerprint density at radius 2 is 2.06 bits per heavy atom. The second kappa shape index (κ2) is 3.90. The van der Waals surface area contributed by atoms with Crippen molar-refractivity contribution in [1.82, 2.24) is 9.97 Å². The number of aromatic hydroxyl groups is 1.